The Morgan fingerprint density at radius 2 is 1.94 bits per heavy atom. The zero-order valence-corrected chi connectivity index (χ0v) is 11.4. The lowest BCUT2D eigenvalue weighted by molar-refractivity contribution is -0.141. The lowest BCUT2D eigenvalue weighted by Crippen LogP contribution is -2.45. The van der Waals surface area contributed by atoms with E-state index in [0.717, 1.165) is 6.54 Å². The summed E-state index contributed by atoms with van der Waals surface area (Å²) in [5.74, 6) is -0.143. The Morgan fingerprint density at radius 3 is 2.53 bits per heavy atom. The van der Waals surface area contributed by atoms with Crippen molar-refractivity contribution in [2.24, 2.45) is 0 Å². The normalized spacial score (nSPS) is 20.9. The largest absolute Gasteiger partial charge is 0.469 e. The van der Waals surface area contributed by atoms with Gasteiger partial charge in [-0.05, 0) is 39.8 Å². The number of rotatable bonds is 6. The fourth-order valence-corrected chi connectivity index (χ4v) is 2.27. The molecule has 0 bridgehead atoms. The maximum Gasteiger partial charge on any atom is 0.307 e. The van der Waals surface area contributed by atoms with Gasteiger partial charge in [0.1, 0.15) is 0 Å². The number of likely N-dealkylation sites (tertiary alicyclic amines) is 1. The summed E-state index contributed by atoms with van der Waals surface area (Å²) in [6, 6.07) is 0.741. The van der Waals surface area contributed by atoms with Crippen molar-refractivity contribution in [1.29, 1.82) is 0 Å². The number of esters is 1. The Hall–Kier alpha value is -0.610. The van der Waals surface area contributed by atoms with Gasteiger partial charge in [0.2, 0.25) is 0 Å². The number of ether oxygens (including phenoxy) is 1. The van der Waals surface area contributed by atoms with E-state index < -0.39 is 0 Å². The third-order valence-electron chi connectivity index (χ3n) is 3.48. The molecule has 0 aromatic rings. The first-order valence-electron chi connectivity index (χ1n) is 6.67. The van der Waals surface area contributed by atoms with Crippen molar-refractivity contribution in [2.45, 2.75) is 51.6 Å². The Bertz CT molecular complexity index is 227. The van der Waals surface area contributed by atoms with Gasteiger partial charge in [0.05, 0.1) is 13.5 Å². The Labute approximate surface area is 105 Å². The fraction of sp³-hybridized carbons (Fsp3) is 0.923. The van der Waals surface area contributed by atoms with Crippen LogP contribution in [0.25, 0.3) is 0 Å². The monoisotopic (exact) mass is 242 g/mol. The summed E-state index contributed by atoms with van der Waals surface area (Å²) in [4.78, 5) is 13.6. The first-order chi connectivity index (χ1) is 8.13. The molecule has 2 atom stereocenters. The lowest BCUT2D eigenvalue weighted by atomic mass is 10.1. The van der Waals surface area contributed by atoms with Gasteiger partial charge in [-0.2, -0.15) is 0 Å². The third-order valence-corrected chi connectivity index (χ3v) is 3.48. The molecule has 0 aromatic carbocycles. The van der Waals surface area contributed by atoms with E-state index in [4.69, 9.17) is 0 Å². The van der Waals surface area contributed by atoms with Crippen molar-refractivity contribution in [3.63, 3.8) is 0 Å². The van der Waals surface area contributed by atoms with Gasteiger partial charge in [0, 0.05) is 18.6 Å². The molecular formula is C13H26N2O2. The zero-order valence-electron chi connectivity index (χ0n) is 11.4. The number of carbonyl (C=O) groups excluding carboxylic acids is 1. The maximum atomic E-state index is 11.1. The first-order valence-corrected chi connectivity index (χ1v) is 6.67. The number of methoxy groups -OCH3 is 1. The van der Waals surface area contributed by atoms with Gasteiger partial charge in [-0.1, -0.05) is 6.42 Å². The van der Waals surface area contributed by atoms with Gasteiger partial charge >= 0.3 is 5.97 Å². The molecule has 4 heteroatoms. The van der Waals surface area contributed by atoms with Crippen LogP contribution in [0.3, 0.4) is 0 Å². The van der Waals surface area contributed by atoms with Crippen molar-refractivity contribution >= 4 is 5.97 Å². The highest BCUT2D eigenvalue weighted by Gasteiger charge is 2.17. The van der Waals surface area contributed by atoms with Gasteiger partial charge in [-0.25, -0.2) is 0 Å². The van der Waals surface area contributed by atoms with Crippen LogP contribution in [0.1, 0.15) is 39.5 Å². The summed E-state index contributed by atoms with van der Waals surface area (Å²) in [6.07, 6.45) is 4.46. The van der Waals surface area contributed by atoms with Crippen LogP contribution in [0, 0.1) is 0 Å². The van der Waals surface area contributed by atoms with E-state index in [1.54, 1.807) is 0 Å². The quantitative estimate of drug-likeness (QED) is 0.715. The minimum Gasteiger partial charge on any atom is -0.469 e. The molecule has 0 saturated carbocycles. The smallest absolute Gasteiger partial charge is 0.307 e. The molecule has 0 amide bonds. The van der Waals surface area contributed by atoms with E-state index in [-0.39, 0.29) is 12.0 Å². The SMILES string of the molecule is COC(=O)CC(C)NCC(C)N1CCCCC1. The zero-order chi connectivity index (χ0) is 12.7. The molecule has 0 aliphatic carbocycles. The van der Waals surface area contributed by atoms with Crippen molar-refractivity contribution in [1.82, 2.24) is 10.2 Å². The number of piperidine rings is 1. The van der Waals surface area contributed by atoms with Crippen LogP contribution in [-0.2, 0) is 9.53 Å². The standard InChI is InChI=1S/C13H26N2O2/c1-11(9-13(16)17-3)14-10-12(2)15-7-5-4-6-8-15/h11-12,14H,4-10H2,1-3H3. The minimum atomic E-state index is -0.143. The summed E-state index contributed by atoms with van der Waals surface area (Å²) < 4.78 is 4.65. The van der Waals surface area contributed by atoms with E-state index >= 15 is 0 Å². The number of nitrogens with one attached hydrogen (secondary N) is 1. The highest BCUT2D eigenvalue weighted by molar-refractivity contribution is 5.69. The van der Waals surface area contributed by atoms with Gasteiger partial charge < -0.3 is 10.1 Å². The van der Waals surface area contributed by atoms with E-state index in [1.165, 1.54) is 39.5 Å². The average molecular weight is 242 g/mol. The topological polar surface area (TPSA) is 41.6 Å². The summed E-state index contributed by atoms with van der Waals surface area (Å²) in [5, 5.41) is 3.40. The number of carbonyl (C=O) groups is 1. The summed E-state index contributed by atoms with van der Waals surface area (Å²) in [5.41, 5.74) is 0. The van der Waals surface area contributed by atoms with E-state index in [1.807, 2.05) is 6.92 Å². The molecule has 100 valence electrons. The molecule has 1 heterocycles. The lowest BCUT2D eigenvalue weighted by Gasteiger charge is -2.33. The summed E-state index contributed by atoms with van der Waals surface area (Å²) in [7, 11) is 1.44. The first kappa shape index (κ1) is 14.5. The number of nitrogens with zero attached hydrogens (tertiary/aromatic N) is 1. The Morgan fingerprint density at radius 1 is 1.29 bits per heavy atom. The molecule has 17 heavy (non-hydrogen) atoms. The average Bonchev–Trinajstić information content (AvgIpc) is 2.36. The molecule has 4 nitrogen and oxygen atoms in total. The van der Waals surface area contributed by atoms with Gasteiger partial charge in [-0.3, -0.25) is 9.69 Å². The van der Waals surface area contributed by atoms with Crippen LogP contribution in [0.2, 0.25) is 0 Å². The van der Waals surface area contributed by atoms with Crippen molar-refractivity contribution in [3.8, 4) is 0 Å². The summed E-state index contributed by atoms with van der Waals surface area (Å²) in [6.45, 7) is 7.66. The molecule has 0 radical (unpaired) electrons. The minimum absolute atomic E-state index is 0.143. The molecule has 2 unspecified atom stereocenters. The molecule has 0 spiro atoms. The van der Waals surface area contributed by atoms with E-state index in [9.17, 15) is 4.79 Å². The second kappa shape index (κ2) is 7.67. The van der Waals surface area contributed by atoms with Gasteiger partial charge in [0.15, 0.2) is 0 Å². The van der Waals surface area contributed by atoms with Crippen molar-refractivity contribution < 1.29 is 9.53 Å². The predicted molar refractivity (Wildman–Crippen MR) is 69.0 cm³/mol. The molecule has 1 aliphatic heterocycles. The molecule has 1 fully saturated rings. The third kappa shape index (κ3) is 5.50. The molecule has 1 N–H and O–H groups in total. The van der Waals surface area contributed by atoms with Crippen molar-refractivity contribution in [3.05, 3.63) is 0 Å². The highest BCUT2D eigenvalue weighted by atomic mass is 16.5. The van der Waals surface area contributed by atoms with Crippen LogP contribution in [-0.4, -0.2) is 49.7 Å². The highest BCUT2D eigenvalue weighted by Crippen LogP contribution is 2.11. The van der Waals surface area contributed by atoms with Crippen LogP contribution in [0.5, 0.6) is 0 Å². The van der Waals surface area contributed by atoms with E-state index in [2.05, 4.69) is 21.9 Å². The van der Waals surface area contributed by atoms with Gasteiger partial charge in [-0.15, -0.1) is 0 Å². The molecular weight excluding hydrogens is 216 g/mol. The van der Waals surface area contributed by atoms with Crippen LogP contribution >= 0.6 is 0 Å². The molecule has 0 aromatic heterocycles. The van der Waals surface area contributed by atoms with Crippen LogP contribution in [0.4, 0.5) is 0 Å². The summed E-state index contributed by atoms with van der Waals surface area (Å²) >= 11 is 0. The Balaban J connectivity index is 2.17. The Kier molecular flexibility index (Phi) is 6.52. The second-order valence-electron chi connectivity index (χ2n) is 5.04. The molecule has 1 saturated heterocycles. The van der Waals surface area contributed by atoms with Gasteiger partial charge in [0.25, 0.3) is 0 Å². The van der Waals surface area contributed by atoms with Crippen LogP contribution in [0.15, 0.2) is 0 Å². The van der Waals surface area contributed by atoms with E-state index in [0.29, 0.717) is 12.5 Å². The van der Waals surface area contributed by atoms with Crippen molar-refractivity contribution in [2.75, 3.05) is 26.7 Å². The van der Waals surface area contributed by atoms with Crippen LogP contribution < -0.4 is 5.32 Å². The number of hydrogen-bond acceptors (Lipinski definition) is 4. The molecule has 1 rings (SSSR count). The number of hydrogen-bond donors (Lipinski definition) is 1. The maximum absolute atomic E-state index is 11.1. The molecule has 1 aliphatic rings. The fourth-order valence-electron chi connectivity index (χ4n) is 2.27. The predicted octanol–water partition coefficient (Wildman–Crippen LogP) is 1.40. The second-order valence-corrected chi connectivity index (χ2v) is 5.04.